The minimum Gasteiger partial charge on any atom is -0.496 e. The van der Waals surface area contributed by atoms with E-state index in [4.69, 9.17) is 15.5 Å². The summed E-state index contributed by atoms with van der Waals surface area (Å²) < 4.78 is 5.20. The SMILES string of the molecule is COc1ccc(-c2ccc3nc(N)nc(-c4ccccc4)c3n2)cc1C=O. The van der Waals surface area contributed by atoms with Crippen LogP contribution >= 0.6 is 0 Å². The molecule has 0 saturated carbocycles. The molecule has 2 aromatic heterocycles. The number of carbonyl (C=O) groups excluding carboxylic acids is 1. The number of hydrogen-bond donors (Lipinski definition) is 1. The molecule has 132 valence electrons. The van der Waals surface area contributed by atoms with Crippen molar-refractivity contribution in [2.45, 2.75) is 0 Å². The standard InChI is InChI=1S/C21H16N4O2/c1-27-18-10-7-14(11-15(18)12-26)16-8-9-17-20(23-16)19(25-21(22)24-17)13-5-3-2-4-6-13/h2-12H,1H3,(H2,22,24,25). The maximum Gasteiger partial charge on any atom is 0.221 e. The van der Waals surface area contributed by atoms with Gasteiger partial charge in [0.1, 0.15) is 17.0 Å². The summed E-state index contributed by atoms with van der Waals surface area (Å²) in [6, 6.07) is 18.8. The van der Waals surface area contributed by atoms with Gasteiger partial charge in [-0.3, -0.25) is 4.79 Å². The zero-order valence-corrected chi connectivity index (χ0v) is 14.6. The minimum absolute atomic E-state index is 0.198. The topological polar surface area (TPSA) is 91.0 Å². The summed E-state index contributed by atoms with van der Waals surface area (Å²) in [4.78, 5) is 24.8. The first-order valence-corrected chi connectivity index (χ1v) is 8.33. The quantitative estimate of drug-likeness (QED) is 0.560. The van der Waals surface area contributed by atoms with E-state index in [0.29, 0.717) is 33.7 Å². The average Bonchev–Trinajstić information content (AvgIpc) is 2.73. The van der Waals surface area contributed by atoms with E-state index in [9.17, 15) is 4.79 Å². The highest BCUT2D eigenvalue weighted by atomic mass is 16.5. The minimum atomic E-state index is 0.198. The van der Waals surface area contributed by atoms with E-state index < -0.39 is 0 Å². The van der Waals surface area contributed by atoms with Gasteiger partial charge in [-0.25, -0.2) is 15.0 Å². The van der Waals surface area contributed by atoms with Crippen molar-refractivity contribution in [1.82, 2.24) is 15.0 Å². The number of hydrogen-bond acceptors (Lipinski definition) is 6. The molecule has 0 aliphatic rings. The zero-order chi connectivity index (χ0) is 18.8. The van der Waals surface area contributed by atoms with Crippen molar-refractivity contribution in [1.29, 1.82) is 0 Å². The van der Waals surface area contributed by atoms with Crippen LogP contribution in [0, 0.1) is 0 Å². The first kappa shape index (κ1) is 16.7. The molecule has 2 N–H and O–H groups in total. The number of fused-ring (bicyclic) bond motifs is 1. The molecule has 0 unspecified atom stereocenters. The van der Waals surface area contributed by atoms with Crippen molar-refractivity contribution in [3.05, 3.63) is 66.2 Å². The molecular weight excluding hydrogens is 340 g/mol. The lowest BCUT2D eigenvalue weighted by atomic mass is 10.1. The Morgan fingerprint density at radius 1 is 0.926 bits per heavy atom. The summed E-state index contributed by atoms with van der Waals surface area (Å²) in [6.45, 7) is 0. The fourth-order valence-corrected chi connectivity index (χ4v) is 2.98. The van der Waals surface area contributed by atoms with Gasteiger partial charge in [-0.2, -0.15) is 0 Å². The highest BCUT2D eigenvalue weighted by Gasteiger charge is 2.12. The van der Waals surface area contributed by atoms with Gasteiger partial charge < -0.3 is 10.5 Å². The van der Waals surface area contributed by atoms with Crippen LogP contribution in [-0.2, 0) is 0 Å². The molecule has 0 bridgehead atoms. The van der Waals surface area contributed by atoms with Gasteiger partial charge in [0.2, 0.25) is 5.95 Å². The number of rotatable bonds is 4. The summed E-state index contributed by atoms with van der Waals surface area (Å²) in [7, 11) is 1.53. The lowest BCUT2D eigenvalue weighted by Crippen LogP contribution is -2.00. The number of aromatic nitrogens is 3. The van der Waals surface area contributed by atoms with E-state index in [-0.39, 0.29) is 5.95 Å². The second-order valence-corrected chi connectivity index (χ2v) is 5.94. The molecule has 2 heterocycles. The number of carbonyl (C=O) groups is 1. The lowest BCUT2D eigenvalue weighted by Gasteiger charge is -2.10. The van der Waals surface area contributed by atoms with Crippen LogP contribution in [-0.4, -0.2) is 28.3 Å². The first-order chi connectivity index (χ1) is 13.2. The summed E-state index contributed by atoms with van der Waals surface area (Å²) in [5, 5.41) is 0. The van der Waals surface area contributed by atoms with Crippen LogP contribution in [0.25, 0.3) is 33.5 Å². The van der Waals surface area contributed by atoms with Gasteiger partial charge >= 0.3 is 0 Å². The van der Waals surface area contributed by atoms with Gasteiger partial charge in [-0.05, 0) is 30.3 Å². The number of methoxy groups -OCH3 is 1. The van der Waals surface area contributed by atoms with Crippen molar-refractivity contribution in [3.63, 3.8) is 0 Å². The molecule has 0 saturated heterocycles. The van der Waals surface area contributed by atoms with Crippen LogP contribution in [0.5, 0.6) is 5.75 Å². The number of pyridine rings is 1. The Morgan fingerprint density at radius 2 is 1.74 bits per heavy atom. The van der Waals surface area contributed by atoms with Gasteiger partial charge in [-0.15, -0.1) is 0 Å². The van der Waals surface area contributed by atoms with Crippen molar-refractivity contribution in [3.8, 4) is 28.3 Å². The summed E-state index contributed by atoms with van der Waals surface area (Å²) in [5.74, 6) is 0.721. The molecule has 4 rings (SSSR count). The van der Waals surface area contributed by atoms with Crippen molar-refractivity contribution in [2.75, 3.05) is 12.8 Å². The molecule has 0 spiro atoms. The Kier molecular flexibility index (Phi) is 4.22. The number of nitrogen functional groups attached to an aromatic ring is 1. The van der Waals surface area contributed by atoms with Gasteiger partial charge in [0.15, 0.2) is 6.29 Å². The Hall–Kier alpha value is -3.80. The van der Waals surface area contributed by atoms with E-state index in [1.54, 1.807) is 12.1 Å². The molecule has 0 amide bonds. The van der Waals surface area contributed by atoms with Gasteiger partial charge in [0.25, 0.3) is 0 Å². The molecule has 0 atom stereocenters. The molecule has 6 nitrogen and oxygen atoms in total. The fraction of sp³-hybridized carbons (Fsp3) is 0.0476. The van der Waals surface area contributed by atoms with E-state index >= 15 is 0 Å². The number of nitrogens with two attached hydrogens (primary N) is 1. The average molecular weight is 356 g/mol. The molecule has 4 aromatic rings. The number of anilines is 1. The van der Waals surface area contributed by atoms with Crippen LogP contribution in [0.15, 0.2) is 60.7 Å². The van der Waals surface area contributed by atoms with Crippen LogP contribution in [0.4, 0.5) is 5.95 Å². The van der Waals surface area contributed by atoms with E-state index in [2.05, 4.69) is 9.97 Å². The number of nitrogens with zero attached hydrogens (tertiary/aromatic N) is 3. The van der Waals surface area contributed by atoms with Crippen molar-refractivity contribution in [2.24, 2.45) is 0 Å². The largest absolute Gasteiger partial charge is 0.496 e. The van der Waals surface area contributed by atoms with Crippen LogP contribution < -0.4 is 10.5 Å². The fourth-order valence-electron chi connectivity index (χ4n) is 2.98. The molecule has 0 radical (unpaired) electrons. The second-order valence-electron chi connectivity index (χ2n) is 5.94. The maximum absolute atomic E-state index is 11.3. The van der Waals surface area contributed by atoms with Gasteiger partial charge in [0, 0.05) is 11.1 Å². The number of aldehydes is 1. The van der Waals surface area contributed by atoms with Crippen LogP contribution in [0.3, 0.4) is 0 Å². The molecule has 2 aromatic carbocycles. The summed E-state index contributed by atoms with van der Waals surface area (Å²) in [5.41, 5.74) is 10.7. The second kappa shape index (κ2) is 6.84. The van der Waals surface area contributed by atoms with E-state index in [1.807, 2.05) is 48.5 Å². The summed E-state index contributed by atoms with van der Waals surface area (Å²) >= 11 is 0. The molecular formula is C21H16N4O2. The zero-order valence-electron chi connectivity index (χ0n) is 14.6. The Balaban J connectivity index is 1.92. The number of ether oxygens (including phenoxy) is 1. The maximum atomic E-state index is 11.3. The number of benzene rings is 2. The predicted octanol–water partition coefficient (Wildman–Crippen LogP) is 3.76. The molecule has 6 heteroatoms. The third-order valence-electron chi connectivity index (χ3n) is 4.26. The molecule has 0 fully saturated rings. The molecule has 0 aliphatic carbocycles. The lowest BCUT2D eigenvalue weighted by molar-refractivity contribution is 0.112. The van der Waals surface area contributed by atoms with Gasteiger partial charge in [0.05, 0.1) is 23.9 Å². The van der Waals surface area contributed by atoms with E-state index in [1.165, 1.54) is 7.11 Å². The third-order valence-corrected chi connectivity index (χ3v) is 4.26. The molecule has 27 heavy (non-hydrogen) atoms. The normalized spacial score (nSPS) is 10.7. The van der Waals surface area contributed by atoms with Crippen molar-refractivity contribution >= 4 is 23.3 Å². The highest BCUT2D eigenvalue weighted by molar-refractivity contribution is 5.91. The highest BCUT2D eigenvalue weighted by Crippen LogP contribution is 2.29. The Labute approximate surface area is 155 Å². The smallest absolute Gasteiger partial charge is 0.221 e. The van der Waals surface area contributed by atoms with Crippen LogP contribution in [0.2, 0.25) is 0 Å². The third kappa shape index (κ3) is 3.08. The Bertz CT molecular complexity index is 1140. The monoisotopic (exact) mass is 356 g/mol. The van der Waals surface area contributed by atoms with Crippen LogP contribution in [0.1, 0.15) is 10.4 Å². The van der Waals surface area contributed by atoms with Crippen molar-refractivity contribution < 1.29 is 9.53 Å². The van der Waals surface area contributed by atoms with E-state index in [0.717, 1.165) is 17.4 Å². The van der Waals surface area contributed by atoms with Gasteiger partial charge in [-0.1, -0.05) is 30.3 Å². The molecule has 0 aliphatic heterocycles. The first-order valence-electron chi connectivity index (χ1n) is 8.33. The summed E-state index contributed by atoms with van der Waals surface area (Å²) in [6.07, 6.45) is 0.766. The Morgan fingerprint density at radius 3 is 2.48 bits per heavy atom. The predicted molar refractivity (Wildman–Crippen MR) is 105 cm³/mol.